The van der Waals surface area contributed by atoms with Crippen LogP contribution in [0.3, 0.4) is 0 Å². The average molecular weight is 289 g/mol. The second-order valence-corrected chi connectivity index (χ2v) is 3.29. The summed E-state index contributed by atoms with van der Waals surface area (Å²) in [7, 11) is 0. The second kappa shape index (κ2) is 4.87. The highest BCUT2D eigenvalue weighted by Crippen LogP contribution is 2.06. The number of amides is 1. The van der Waals surface area contributed by atoms with Gasteiger partial charge in [-0.15, -0.1) is 5.92 Å². The molecule has 1 aromatic heterocycles. The van der Waals surface area contributed by atoms with Gasteiger partial charge in [-0.3, -0.25) is 9.89 Å². The van der Waals surface area contributed by atoms with E-state index in [0.717, 1.165) is 3.70 Å². The van der Waals surface area contributed by atoms with Crippen molar-refractivity contribution < 1.29 is 4.79 Å². The third-order valence-electron chi connectivity index (χ3n) is 1.35. The van der Waals surface area contributed by atoms with Crippen LogP contribution >= 0.6 is 22.6 Å². The molecule has 4 nitrogen and oxygen atoms in total. The van der Waals surface area contributed by atoms with Gasteiger partial charge in [0, 0.05) is 0 Å². The molecule has 0 fully saturated rings. The summed E-state index contributed by atoms with van der Waals surface area (Å²) in [6.45, 7) is 2.10. The van der Waals surface area contributed by atoms with Crippen LogP contribution in [-0.2, 0) is 0 Å². The first-order valence-corrected chi connectivity index (χ1v) is 4.70. The van der Waals surface area contributed by atoms with Gasteiger partial charge in [-0.2, -0.15) is 5.10 Å². The zero-order valence-electron chi connectivity index (χ0n) is 7.02. The molecule has 0 aromatic carbocycles. The van der Waals surface area contributed by atoms with E-state index in [9.17, 15) is 4.79 Å². The monoisotopic (exact) mass is 289 g/mol. The number of aromatic nitrogens is 2. The van der Waals surface area contributed by atoms with E-state index in [4.69, 9.17) is 0 Å². The molecule has 0 unspecified atom stereocenters. The van der Waals surface area contributed by atoms with E-state index in [2.05, 4.69) is 27.4 Å². The molecule has 0 radical (unpaired) electrons. The quantitative estimate of drug-likeness (QED) is 0.624. The summed E-state index contributed by atoms with van der Waals surface area (Å²) < 4.78 is 0.736. The van der Waals surface area contributed by atoms with E-state index in [-0.39, 0.29) is 5.91 Å². The standard InChI is InChI=1S/C8H8IN3O/c1-2-3-4-10-8(13)6-5-11-12-7(6)9/h5H,4H2,1H3,(H,10,13)(H,11,12). The maximum absolute atomic E-state index is 11.4. The number of halogens is 1. The summed E-state index contributed by atoms with van der Waals surface area (Å²) in [6.07, 6.45) is 1.50. The smallest absolute Gasteiger partial charge is 0.256 e. The SMILES string of the molecule is CC#CCNC(=O)c1cn[nH]c1I. The predicted octanol–water partition coefficient (Wildman–Crippen LogP) is 0.767. The zero-order chi connectivity index (χ0) is 9.68. The molecule has 1 aromatic rings. The molecule has 0 saturated carbocycles. The Hall–Kier alpha value is -1.03. The molecule has 68 valence electrons. The largest absolute Gasteiger partial charge is 0.341 e. The van der Waals surface area contributed by atoms with Crippen molar-refractivity contribution in [1.82, 2.24) is 15.5 Å². The minimum absolute atomic E-state index is 0.152. The lowest BCUT2D eigenvalue weighted by atomic mass is 10.3. The number of nitrogens with zero attached hydrogens (tertiary/aromatic N) is 1. The number of carbonyl (C=O) groups is 1. The van der Waals surface area contributed by atoms with Crippen LogP contribution < -0.4 is 5.32 Å². The van der Waals surface area contributed by atoms with Gasteiger partial charge in [-0.1, -0.05) is 5.92 Å². The number of hydrogen-bond donors (Lipinski definition) is 2. The minimum atomic E-state index is -0.152. The molecule has 0 spiro atoms. The Morgan fingerprint density at radius 2 is 2.62 bits per heavy atom. The Labute approximate surface area is 89.6 Å². The van der Waals surface area contributed by atoms with Gasteiger partial charge < -0.3 is 5.32 Å². The Balaban J connectivity index is 2.57. The number of carbonyl (C=O) groups excluding carboxylic acids is 1. The van der Waals surface area contributed by atoms with Crippen LogP contribution in [0.2, 0.25) is 0 Å². The molecule has 0 atom stereocenters. The maximum atomic E-state index is 11.4. The molecule has 0 aliphatic carbocycles. The van der Waals surface area contributed by atoms with Crippen LogP contribution in [0.4, 0.5) is 0 Å². The molecule has 13 heavy (non-hydrogen) atoms. The summed E-state index contributed by atoms with van der Waals surface area (Å²) in [4.78, 5) is 11.4. The van der Waals surface area contributed by atoms with Gasteiger partial charge in [0.15, 0.2) is 0 Å². The highest BCUT2D eigenvalue weighted by atomic mass is 127. The fraction of sp³-hybridized carbons (Fsp3) is 0.250. The van der Waals surface area contributed by atoms with E-state index < -0.39 is 0 Å². The summed E-state index contributed by atoms with van der Waals surface area (Å²) >= 11 is 2.02. The fourth-order valence-corrected chi connectivity index (χ4v) is 1.26. The Morgan fingerprint density at radius 1 is 1.85 bits per heavy atom. The third kappa shape index (κ3) is 2.73. The fourth-order valence-electron chi connectivity index (χ4n) is 0.737. The van der Waals surface area contributed by atoms with Crippen molar-refractivity contribution in [2.45, 2.75) is 6.92 Å². The van der Waals surface area contributed by atoms with Crippen molar-refractivity contribution in [3.63, 3.8) is 0 Å². The number of rotatable bonds is 2. The van der Waals surface area contributed by atoms with Crippen molar-refractivity contribution in [3.8, 4) is 11.8 Å². The van der Waals surface area contributed by atoms with Crippen LogP contribution in [-0.4, -0.2) is 22.6 Å². The molecule has 0 aliphatic heterocycles. The van der Waals surface area contributed by atoms with Crippen LogP contribution in [0, 0.1) is 15.5 Å². The Kier molecular flexibility index (Phi) is 3.76. The zero-order valence-corrected chi connectivity index (χ0v) is 9.18. The first kappa shape index (κ1) is 10.1. The van der Waals surface area contributed by atoms with Crippen molar-refractivity contribution in [2.24, 2.45) is 0 Å². The topological polar surface area (TPSA) is 57.8 Å². The van der Waals surface area contributed by atoms with Crippen molar-refractivity contribution >= 4 is 28.5 Å². The number of nitrogens with one attached hydrogen (secondary N) is 2. The summed E-state index contributed by atoms with van der Waals surface area (Å²) in [5, 5.41) is 9.07. The van der Waals surface area contributed by atoms with Crippen molar-refractivity contribution in [3.05, 3.63) is 15.5 Å². The molecule has 1 rings (SSSR count). The van der Waals surface area contributed by atoms with Crippen LogP contribution in [0.15, 0.2) is 6.20 Å². The lowest BCUT2D eigenvalue weighted by Gasteiger charge is -1.97. The van der Waals surface area contributed by atoms with Gasteiger partial charge in [-0.25, -0.2) is 0 Å². The lowest BCUT2D eigenvalue weighted by Crippen LogP contribution is -2.23. The molecular formula is C8H8IN3O. The number of aromatic amines is 1. The molecule has 2 N–H and O–H groups in total. The highest BCUT2D eigenvalue weighted by Gasteiger charge is 2.09. The van der Waals surface area contributed by atoms with Gasteiger partial charge in [0.25, 0.3) is 5.91 Å². The van der Waals surface area contributed by atoms with Gasteiger partial charge >= 0.3 is 0 Å². The number of H-pyrrole nitrogens is 1. The van der Waals surface area contributed by atoms with Crippen LogP contribution in [0.1, 0.15) is 17.3 Å². The van der Waals surface area contributed by atoms with Gasteiger partial charge in [0.1, 0.15) is 3.70 Å². The van der Waals surface area contributed by atoms with Gasteiger partial charge in [-0.05, 0) is 29.5 Å². The lowest BCUT2D eigenvalue weighted by molar-refractivity contribution is 0.0958. The normalized spacial score (nSPS) is 8.77. The van der Waals surface area contributed by atoms with E-state index in [1.165, 1.54) is 6.20 Å². The summed E-state index contributed by atoms with van der Waals surface area (Å²) in [5.41, 5.74) is 0.554. The van der Waals surface area contributed by atoms with E-state index in [1.807, 2.05) is 22.6 Å². The molecule has 0 aliphatic rings. The van der Waals surface area contributed by atoms with Gasteiger partial charge in [0.2, 0.25) is 0 Å². The molecule has 0 bridgehead atoms. The first-order chi connectivity index (χ1) is 6.25. The molecular weight excluding hydrogens is 281 g/mol. The maximum Gasteiger partial charge on any atom is 0.256 e. The van der Waals surface area contributed by atoms with E-state index in [1.54, 1.807) is 6.92 Å². The molecule has 0 saturated heterocycles. The Bertz CT molecular complexity index is 361. The summed E-state index contributed by atoms with van der Waals surface area (Å²) in [5.74, 6) is 5.29. The van der Waals surface area contributed by atoms with E-state index in [0.29, 0.717) is 12.1 Å². The number of hydrogen-bond acceptors (Lipinski definition) is 2. The average Bonchev–Trinajstić information content (AvgIpc) is 2.52. The van der Waals surface area contributed by atoms with Crippen LogP contribution in [0.25, 0.3) is 0 Å². The first-order valence-electron chi connectivity index (χ1n) is 3.62. The molecule has 1 heterocycles. The van der Waals surface area contributed by atoms with Crippen molar-refractivity contribution in [1.29, 1.82) is 0 Å². The third-order valence-corrected chi connectivity index (χ3v) is 2.17. The second-order valence-electron chi connectivity index (χ2n) is 2.21. The van der Waals surface area contributed by atoms with Crippen LogP contribution in [0.5, 0.6) is 0 Å². The Morgan fingerprint density at radius 3 is 3.15 bits per heavy atom. The predicted molar refractivity (Wildman–Crippen MR) is 57.1 cm³/mol. The summed E-state index contributed by atoms with van der Waals surface area (Å²) in [6, 6.07) is 0. The highest BCUT2D eigenvalue weighted by molar-refractivity contribution is 14.1. The molecule has 1 amide bonds. The molecule has 5 heteroatoms. The van der Waals surface area contributed by atoms with Gasteiger partial charge in [0.05, 0.1) is 18.3 Å². The minimum Gasteiger partial charge on any atom is -0.341 e. The van der Waals surface area contributed by atoms with Crippen molar-refractivity contribution in [2.75, 3.05) is 6.54 Å². The van der Waals surface area contributed by atoms with E-state index >= 15 is 0 Å².